The molecule has 0 radical (unpaired) electrons. The Balaban J connectivity index is 1.01. The first-order valence-electron chi connectivity index (χ1n) is 23.9. The summed E-state index contributed by atoms with van der Waals surface area (Å²) in [6.07, 6.45) is -0.821. The molecule has 6 heterocycles. The van der Waals surface area contributed by atoms with Gasteiger partial charge in [0.2, 0.25) is 18.6 Å². The Morgan fingerprint density at radius 1 is 0.789 bits per heavy atom. The van der Waals surface area contributed by atoms with Crippen molar-refractivity contribution in [1.29, 1.82) is 0 Å². The summed E-state index contributed by atoms with van der Waals surface area (Å²) in [6, 6.07) is 43.3. The number of nitrogens with one attached hydrogen (secondary N) is 1. The molecule has 3 saturated heterocycles. The predicted octanol–water partition coefficient (Wildman–Crippen LogP) is 6.20. The second-order valence-corrected chi connectivity index (χ2v) is 18.5. The molecular weight excluding hydrogens is 899 g/mol. The van der Waals surface area contributed by atoms with Gasteiger partial charge in [0.25, 0.3) is 0 Å². The van der Waals surface area contributed by atoms with Gasteiger partial charge in [-0.05, 0) is 82.4 Å². The number of aliphatic hydroxyl groups excluding tert-OH is 1. The number of cyclic esters (lactones) is 1. The molecule has 7 aromatic rings. The van der Waals surface area contributed by atoms with Gasteiger partial charge < -0.3 is 34.3 Å². The molecule has 5 aliphatic rings. The molecule has 12 rings (SSSR count). The second-order valence-electron chi connectivity index (χ2n) is 18.5. The minimum Gasteiger partial charge on any atom is -0.491 e. The van der Waals surface area contributed by atoms with Crippen molar-refractivity contribution in [3.63, 3.8) is 0 Å². The fraction of sp³-hybridized carbons (Fsp3) is 0.268. The van der Waals surface area contributed by atoms with E-state index in [0.717, 1.165) is 33.5 Å². The van der Waals surface area contributed by atoms with E-state index in [2.05, 4.69) is 37.3 Å². The van der Waals surface area contributed by atoms with Crippen molar-refractivity contribution in [1.82, 2.24) is 29.7 Å². The number of para-hydroxylation sites is 1. The first-order chi connectivity index (χ1) is 34.9. The van der Waals surface area contributed by atoms with Crippen LogP contribution in [0.5, 0.6) is 17.2 Å². The van der Waals surface area contributed by atoms with Crippen molar-refractivity contribution < 1.29 is 38.4 Å². The normalized spacial score (nSPS) is 23.5. The number of benzene rings is 6. The van der Waals surface area contributed by atoms with Gasteiger partial charge in [-0.3, -0.25) is 24.2 Å². The van der Waals surface area contributed by atoms with Gasteiger partial charge in [0, 0.05) is 44.0 Å². The monoisotopic (exact) mass is 947 g/mol. The summed E-state index contributed by atoms with van der Waals surface area (Å²) < 4.78 is 25.6. The number of anilines is 1. The van der Waals surface area contributed by atoms with Crippen molar-refractivity contribution in [2.45, 2.75) is 42.7 Å². The number of ether oxygens (including phenoxy) is 4. The number of carbonyl (C=O) groups is 3. The van der Waals surface area contributed by atoms with Crippen LogP contribution in [0, 0.1) is 17.8 Å². The molecule has 356 valence electrons. The Hall–Kier alpha value is -8.03. The highest BCUT2D eigenvalue weighted by Gasteiger charge is 2.74. The Labute approximate surface area is 409 Å². The third kappa shape index (κ3) is 7.71. The van der Waals surface area contributed by atoms with E-state index in [0.29, 0.717) is 66.6 Å². The quantitative estimate of drug-likeness (QED) is 0.118. The van der Waals surface area contributed by atoms with Crippen LogP contribution in [0.3, 0.4) is 0 Å². The Bertz CT molecular complexity index is 3240. The maximum Gasteiger partial charge on any atom is 0.324 e. The first-order valence-corrected chi connectivity index (χ1v) is 23.9. The molecule has 3 fully saturated rings. The lowest BCUT2D eigenvalue weighted by molar-refractivity contribution is -0.179. The van der Waals surface area contributed by atoms with Crippen molar-refractivity contribution in [2.24, 2.45) is 5.92 Å². The average molecular weight is 948 g/mol. The summed E-state index contributed by atoms with van der Waals surface area (Å²) >= 11 is 0. The SMILES string of the molecule is O=C1O[C@@H](c2ccccc2)[C@@H](c2ccccc2)N2[C@@H](c3cccc(OCCO)c3)[C@]3(C(=O)Nc4ccc(C#CCn5nnc6ccccc65)cc43)[C@@H](C(=O)N3CCN(Cc4ccc5c(c4)OCO5)CC3)[C@H]12. The van der Waals surface area contributed by atoms with Crippen molar-refractivity contribution in [2.75, 3.05) is 51.5 Å². The highest BCUT2D eigenvalue weighted by Crippen LogP contribution is 2.65. The van der Waals surface area contributed by atoms with Gasteiger partial charge in [-0.1, -0.05) is 108 Å². The van der Waals surface area contributed by atoms with Gasteiger partial charge in [-0.2, -0.15) is 0 Å². The Kier molecular flexibility index (Phi) is 11.4. The summed E-state index contributed by atoms with van der Waals surface area (Å²) in [4.78, 5) is 53.7. The molecular formula is C56H49N7O8. The van der Waals surface area contributed by atoms with E-state index in [1.54, 1.807) is 10.7 Å². The zero-order valence-corrected chi connectivity index (χ0v) is 38.6. The highest BCUT2D eigenvalue weighted by molar-refractivity contribution is 6.12. The fourth-order valence-electron chi connectivity index (χ4n) is 11.5. The number of piperazine rings is 1. The fourth-order valence-corrected chi connectivity index (χ4v) is 11.5. The van der Waals surface area contributed by atoms with E-state index >= 15 is 14.4 Å². The van der Waals surface area contributed by atoms with Crippen LogP contribution in [0.25, 0.3) is 11.0 Å². The molecule has 0 saturated carbocycles. The topological polar surface area (TPSA) is 161 Å². The zero-order valence-electron chi connectivity index (χ0n) is 38.6. The standard InChI is InChI=1S/C56H49N7O8/c64-29-30-68-41-17-9-16-40(33-41)52-56(42-31-36(20-22-43(42)57-55(56)67)11-10-24-62-45-19-8-7-18-44(45)58-59-62)48(53(65)61-27-25-60(26-28-61)34-37-21-23-46-47(32-37)70-35-69-46)50-54(66)71-51(39-14-5-2-6-15-39)49(63(50)52)38-12-3-1-4-13-38/h1-9,12-23,31-33,48-52,64H,24-30,34-35H2,(H,57,67)/t48-,49-,50-,51+,52+,56-/m1/s1. The van der Waals surface area contributed by atoms with Gasteiger partial charge in [0.05, 0.1) is 30.1 Å². The number of hydrogen-bond donors (Lipinski definition) is 2. The second kappa shape index (κ2) is 18.4. The van der Waals surface area contributed by atoms with Gasteiger partial charge >= 0.3 is 5.97 Å². The van der Waals surface area contributed by atoms with Crippen LogP contribution in [0.1, 0.15) is 51.6 Å². The number of morpholine rings is 1. The molecule has 15 nitrogen and oxygen atoms in total. The van der Waals surface area contributed by atoms with Crippen LogP contribution < -0.4 is 19.5 Å². The van der Waals surface area contributed by atoms with E-state index in [4.69, 9.17) is 18.9 Å². The summed E-state index contributed by atoms with van der Waals surface area (Å²) in [5.74, 6) is 5.88. The molecule has 15 heteroatoms. The van der Waals surface area contributed by atoms with Gasteiger partial charge in [-0.15, -0.1) is 5.10 Å². The number of carbonyl (C=O) groups excluding carboxylic acids is 3. The van der Waals surface area contributed by atoms with E-state index in [1.165, 1.54) is 0 Å². The molecule has 6 aromatic carbocycles. The smallest absolute Gasteiger partial charge is 0.324 e. The van der Waals surface area contributed by atoms with Gasteiger partial charge in [0.1, 0.15) is 42.0 Å². The molecule has 0 unspecified atom stereocenters. The molecule has 2 amide bonds. The molecule has 1 aromatic heterocycles. The Morgan fingerprint density at radius 3 is 2.37 bits per heavy atom. The maximum absolute atomic E-state index is 16.2. The summed E-state index contributed by atoms with van der Waals surface area (Å²) in [5.41, 5.74) is 4.90. The van der Waals surface area contributed by atoms with E-state index in [1.807, 2.05) is 144 Å². The summed E-state index contributed by atoms with van der Waals surface area (Å²) in [6.45, 7) is 2.74. The molecule has 1 spiro atoms. The number of aliphatic hydroxyl groups is 1. The predicted molar refractivity (Wildman–Crippen MR) is 261 cm³/mol. The Morgan fingerprint density at radius 2 is 1.55 bits per heavy atom. The minimum atomic E-state index is -1.71. The summed E-state index contributed by atoms with van der Waals surface area (Å²) in [5, 5.41) is 21.6. The highest BCUT2D eigenvalue weighted by atomic mass is 16.7. The van der Waals surface area contributed by atoms with Gasteiger partial charge in [-0.25, -0.2) is 4.68 Å². The van der Waals surface area contributed by atoms with Crippen molar-refractivity contribution in [3.8, 4) is 29.1 Å². The van der Waals surface area contributed by atoms with E-state index < -0.39 is 47.4 Å². The molecule has 5 aliphatic heterocycles. The van der Waals surface area contributed by atoms with Crippen molar-refractivity contribution in [3.05, 3.63) is 179 Å². The third-order valence-electron chi connectivity index (χ3n) is 14.5. The van der Waals surface area contributed by atoms with Crippen LogP contribution in [-0.4, -0.2) is 105 Å². The molecule has 0 bridgehead atoms. The number of rotatable bonds is 10. The number of esters is 1. The molecule has 2 N–H and O–H groups in total. The van der Waals surface area contributed by atoms with Crippen molar-refractivity contribution >= 4 is 34.5 Å². The molecule has 6 atom stereocenters. The zero-order chi connectivity index (χ0) is 48.1. The maximum atomic E-state index is 16.2. The number of fused-ring (bicyclic) bond motifs is 5. The average Bonchev–Trinajstić information content (AvgIpc) is 4.20. The lowest BCUT2D eigenvalue weighted by Crippen LogP contribution is -2.58. The van der Waals surface area contributed by atoms with E-state index in [-0.39, 0.29) is 32.5 Å². The van der Waals surface area contributed by atoms with Crippen LogP contribution in [0.15, 0.2) is 146 Å². The molecule has 0 aliphatic carbocycles. The number of amides is 2. The van der Waals surface area contributed by atoms with Crippen LogP contribution in [0.4, 0.5) is 5.69 Å². The third-order valence-corrected chi connectivity index (χ3v) is 14.5. The van der Waals surface area contributed by atoms with E-state index in [9.17, 15) is 5.11 Å². The summed E-state index contributed by atoms with van der Waals surface area (Å²) in [7, 11) is 0. The van der Waals surface area contributed by atoms with Gasteiger partial charge in [0.15, 0.2) is 11.5 Å². The van der Waals surface area contributed by atoms with Crippen LogP contribution >= 0.6 is 0 Å². The lowest BCUT2D eigenvalue weighted by atomic mass is 9.65. The lowest BCUT2D eigenvalue weighted by Gasteiger charge is -2.46. The first kappa shape index (κ1) is 44.2. The van der Waals surface area contributed by atoms with Crippen LogP contribution in [-0.2, 0) is 37.6 Å². The molecule has 71 heavy (non-hydrogen) atoms. The van der Waals surface area contributed by atoms with Crippen LogP contribution in [0.2, 0.25) is 0 Å². The minimum absolute atomic E-state index is 0.0398. The number of aromatic nitrogens is 3. The number of hydrogen-bond acceptors (Lipinski definition) is 12. The number of nitrogens with zero attached hydrogens (tertiary/aromatic N) is 6. The largest absolute Gasteiger partial charge is 0.491 e.